The lowest BCUT2D eigenvalue weighted by atomic mass is 10.1. The predicted octanol–water partition coefficient (Wildman–Crippen LogP) is 2.92. The summed E-state index contributed by atoms with van der Waals surface area (Å²) in [6, 6.07) is 4.28. The maximum absolute atomic E-state index is 13.0. The first-order chi connectivity index (χ1) is 5.65. The van der Waals surface area contributed by atoms with Gasteiger partial charge in [-0.3, -0.25) is 0 Å². The van der Waals surface area contributed by atoms with Crippen molar-refractivity contribution < 1.29 is 9.50 Å². The van der Waals surface area contributed by atoms with Crippen molar-refractivity contribution in [3.63, 3.8) is 0 Å². The number of halogens is 2. The Bertz CT molecular complexity index is 275. The van der Waals surface area contributed by atoms with Crippen molar-refractivity contribution in [1.82, 2.24) is 0 Å². The molecule has 0 aromatic heterocycles. The Morgan fingerprint density at radius 1 is 1.58 bits per heavy atom. The van der Waals surface area contributed by atoms with Crippen LogP contribution in [0.15, 0.2) is 18.2 Å². The van der Waals surface area contributed by atoms with E-state index in [9.17, 15) is 9.50 Å². The second kappa shape index (κ2) is 3.87. The standard InChI is InChI=1S/C9H10ClFO/c1-2-9(12)7-4-3-6(10)5-8(7)11/h3-5,9,12H,2H2,1H3/t9-/m1/s1. The van der Waals surface area contributed by atoms with E-state index in [4.69, 9.17) is 11.6 Å². The summed E-state index contributed by atoms with van der Waals surface area (Å²) in [5.74, 6) is -0.447. The van der Waals surface area contributed by atoms with Gasteiger partial charge in [0.15, 0.2) is 0 Å². The van der Waals surface area contributed by atoms with Crippen LogP contribution in [0.25, 0.3) is 0 Å². The van der Waals surface area contributed by atoms with Gasteiger partial charge in [0.25, 0.3) is 0 Å². The summed E-state index contributed by atoms with van der Waals surface area (Å²) in [4.78, 5) is 0. The topological polar surface area (TPSA) is 20.2 Å². The van der Waals surface area contributed by atoms with E-state index >= 15 is 0 Å². The zero-order valence-corrected chi connectivity index (χ0v) is 7.48. The summed E-state index contributed by atoms with van der Waals surface area (Å²) in [7, 11) is 0. The molecule has 0 heterocycles. The Morgan fingerprint density at radius 3 is 2.75 bits per heavy atom. The first kappa shape index (κ1) is 9.49. The van der Waals surface area contributed by atoms with Gasteiger partial charge in [-0.05, 0) is 18.6 Å². The van der Waals surface area contributed by atoms with Crippen molar-refractivity contribution in [2.75, 3.05) is 0 Å². The summed E-state index contributed by atoms with van der Waals surface area (Å²) < 4.78 is 13.0. The van der Waals surface area contributed by atoms with Crippen LogP contribution in [0.1, 0.15) is 25.0 Å². The molecule has 1 aromatic carbocycles. The molecule has 0 radical (unpaired) electrons. The molecule has 66 valence electrons. The SMILES string of the molecule is CC[C@@H](O)c1ccc(Cl)cc1F. The molecule has 0 aliphatic carbocycles. The van der Waals surface area contributed by atoms with Crippen LogP contribution in [-0.2, 0) is 0 Å². The van der Waals surface area contributed by atoms with E-state index in [1.54, 1.807) is 13.0 Å². The zero-order chi connectivity index (χ0) is 9.14. The Balaban J connectivity index is 3.01. The van der Waals surface area contributed by atoms with Crippen LogP contribution in [0, 0.1) is 5.82 Å². The first-order valence-corrected chi connectivity index (χ1v) is 4.16. The number of hydrogen-bond donors (Lipinski definition) is 1. The highest BCUT2D eigenvalue weighted by Crippen LogP contribution is 2.22. The van der Waals surface area contributed by atoms with Gasteiger partial charge in [0, 0.05) is 10.6 Å². The third-order valence-corrected chi connectivity index (χ3v) is 1.94. The Labute approximate surface area is 75.8 Å². The molecule has 1 nitrogen and oxygen atoms in total. The largest absolute Gasteiger partial charge is 0.388 e. The van der Waals surface area contributed by atoms with Crippen LogP contribution in [0.3, 0.4) is 0 Å². The minimum atomic E-state index is -0.734. The van der Waals surface area contributed by atoms with E-state index in [2.05, 4.69) is 0 Å². The van der Waals surface area contributed by atoms with Crippen molar-refractivity contribution in [3.05, 3.63) is 34.6 Å². The van der Waals surface area contributed by atoms with Gasteiger partial charge in [0.05, 0.1) is 6.10 Å². The fraction of sp³-hybridized carbons (Fsp3) is 0.333. The molecule has 0 aliphatic heterocycles. The third-order valence-electron chi connectivity index (χ3n) is 1.71. The molecule has 0 fully saturated rings. The van der Waals surface area contributed by atoms with Gasteiger partial charge in [0.1, 0.15) is 5.82 Å². The van der Waals surface area contributed by atoms with Gasteiger partial charge in [-0.25, -0.2) is 4.39 Å². The molecular weight excluding hydrogens is 179 g/mol. The molecule has 3 heteroatoms. The molecular formula is C9H10ClFO. The van der Waals surface area contributed by atoms with Gasteiger partial charge in [-0.2, -0.15) is 0 Å². The smallest absolute Gasteiger partial charge is 0.130 e. The molecule has 0 saturated carbocycles. The van der Waals surface area contributed by atoms with E-state index in [1.165, 1.54) is 12.1 Å². The van der Waals surface area contributed by atoms with Crippen LogP contribution < -0.4 is 0 Å². The Kier molecular flexibility index (Phi) is 3.06. The van der Waals surface area contributed by atoms with E-state index in [-0.39, 0.29) is 0 Å². The summed E-state index contributed by atoms with van der Waals surface area (Å²) in [5.41, 5.74) is 0.307. The summed E-state index contributed by atoms with van der Waals surface area (Å²) in [6.45, 7) is 1.79. The average molecular weight is 189 g/mol. The molecule has 12 heavy (non-hydrogen) atoms. The highest BCUT2D eigenvalue weighted by molar-refractivity contribution is 6.30. The van der Waals surface area contributed by atoms with Gasteiger partial charge in [0.2, 0.25) is 0 Å². The molecule has 0 bridgehead atoms. The molecule has 0 amide bonds. The summed E-state index contributed by atoms with van der Waals surface area (Å²) >= 11 is 5.54. The lowest BCUT2D eigenvalue weighted by Gasteiger charge is -2.08. The molecule has 1 aromatic rings. The van der Waals surface area contributed by atoms with Crippen molar-refractivity contribution in [3.8, 4) is 0 Å². The van der Waals surface area contributed by atoms with Crippen molar-refractivity contribution in [2.24, 2.45) is 0 Å². The van der Waals surface area contributed by atoms with Crippen molar-refractivity contribution in [2.45, 2.75) is 19.4 Å². The fourth-order valence-corrected chi connectivity index (χ4v) is 1.15. The summed E-state index contributed by atoms with van der Waals surface area (Å²) in [5, 5.41) is 9.66. The van der Waals surface area contributed by atoms with E-state index in [0.29, 0.717) is 17.0 Å². The van der Waals surface area contributed by atoms with E-state index in [0.717, 1.165) is 0 Å². The van der Waals surface area contributed by atoms with Gasteiger partial charge in [-0.1, -0.05) is 24.6 Å². The first-order valence-electron chi connectivity index (χ1n) is 3.78. The number of benzene rings is 1. The van der Waals surface area contributed by atoms with E-state index in [1.807, 2.05) is 0 Å². The number of hydrogen-bond acceptors (Lipinski definition) is 1. The number of aliphatic hydroxyl groups is 1. The molecule has 0 spiro atoms. The molecule has 0 unspecified atom stereocenters. The zero-order valence-electron chi connectivity index (χ0n) is 6.72. The quantitative estimate of drug-likeness (QED) is 0.757. The minimum Gasteiger partial charge on any atom is -0.388 e. The Morgan fingerprint density at radius 2 is 2.25 bits per heavy atom. The third kappa shape index (κ3) is 1.96. The van der Waals surface area contributed by atoms with Gasteiger partial charge >= 0.3 is 0 Å². The summed E-state index contributed by atoms with van der Waals surface area (Å²) in [6.07, 6.45) is -0.235. The number of rotatable bonds is 2. The monoisotopic (exact) mass is 188 g/mol. The molecule has 1 N–H and O–H groups in total. The highest BCUT2D eigenvalue weighted by atomic mass is 35.5. The van der Waals surface area contributed by atoms with Crippen LogP contribution >= 0.6 is 11.6 Å². The van der Waals surface area contributed by atoms with Crippen molar-refractivity contribution >= 4 is 11.6 Å². The predicted molar refractivity (Wildman–Crippen MR) is 46.7 cm³/mol. The molecule has 1 rings (SSSR count). The second-order valence-corrected chi connectivity index (χ2v) is 3.03. The van der Waals surface area contributed by atoms with Crippen molar-refractivity contribution in [1.29, 1.82) is 0 Å². The minimum absolute atomic E-state index is 0.307. The lowest BCUT2D eigenvalue weighted by Crippen LogP contribution is -1.98. The second-order valence-electron chi connectivity index (χ2n) is 2.59. The highest BCUT2D eigenvalue weighted by Gasteiger charge is 2.10. The van der Waals surface area contributed by atoms with Crippen LogP contribution in [0.4, 0.5) is 4.39 Å². The van der Waals surface area contributed by atoms with Crippen LogP contribution in [-0.4, -0.2) is 5.11 Å². The maximum Gasteiger partial charge on any atom is 0.130 e. The van der Waals surface area contributed by atoms with E-state index < -0.39 is 11.9 Å². The lowest BCUT2D eigenvalue weighted by molar-refractivity contribution is 0.169. The van der Waals surface area contributed by atoms with Crippen LogP contribution in [0.5, 0.6) is 0 Å². The number of aliphatic hydroxyl groups excluding tert-OH is 1. The maximum atomic E-state index is 13.0. The normalized spacial score (nSPS) is 13.0. The average Bonchev–Trinajstić information content (AvgIpc) is 2.03. The van der Waals surface area contributed by atoms with Gasteiger partial charge in [-0.15, -0.1) is 0 Å². The van der Waals surface area contributed by atoms with Crippen LogP contribution in [0.2, 0.25) is 5.02 Å². The Hall–Kier alpha value is -0.600. The molecule has 0 aliphatic rings. The molecule has 1 atom stereocenters. The molecule has 0 saturated heterocycles. The van der Waals surface area contributed by atoms with Gasteiger partial charge < -0.3 is 5.11 Å². The fourth-order valence-electron chi connectivity index (χ4n) is 0.992.